The van der Waals surface area contributed by atoms with E-state index in [4.69, 9.17) is 5.11 Å². The Morgan fingerprint density at radius 3 is 2.70 bits per heavy atom. The number of hydrogen-bond donors (Lipinski definition) is 2. The molecule has 2 aliphatic carbocycles. The van der Waals surface area contributed by atoms with E-state index < -0.39 is 0 Å². The number of thiophene rings is 1. The fraction of sp³-hybridized carbons (Fsp3) is 0.688. The molecule has 0 unspecified atom stereocenters. The van der Waals surface area contributed by atoms with E-state index >= 15 is 0 Å². The Hall–Kier alpha value is -0.870. The van der Waals surface area contributed by atoms with Gasteiger partial charge in [0.15, 0.2) is 0 Å². The first kappa shape index (κ1) is 14.1. The third kappa shape index (κ3) is 3.07. The molecule has 1 aromatic heterocycles. The van der Waals surface area contributed by atoms with E-state index in [2.05, 4.69) is 11.4 Å². The van der Waals surface area contributed by atoms with Gasteiger partial charge in [-0.3, -0.25) is 4.79 Å². The quantitative estimate of drug-likeness (QED) is 0.900. The highest BCUT2D eigenvalue weighted by Gasteiger charge is 2.23. The molecule has 2 aliphatic rings. The second kappa shape index (κ2) is 6.27. The molecule has 0 aromatic carbocycles. The Balaban J connectivity index is 1.58. The number of aryl methyl sites for hydroxylation is 2. The van der Waals surface area contributed by atoms with Crippen LogP contribution in [0.15, 0.2) is 6.07 Å². The van der Waals surface area contributed by atoms with E-state index in [1.54, 1.807) is 11.3 Å². The van der Waals surface area contributed by atoms with Gasteiger partial charge in [0.1, 0.15) is 0 Å². The second-order valence-corrected chi connectivity index (χ2v) is 7.28. The van der Waals surface area contributed by atoms with E-state index in [1.807, 2.05) is 0 Å². The van der Waals surface area contributed by atoms with Crippen LogP contribution in [0.4, 0.5) is 0 Å². The Kier molecular flexibility index (Phi) is 4.41. The monoisotopic (exact) mass is 293 g/mol. The van der Waals surface area contributed by atoms with Gasteiger partial charge in [-0.15, -0.1) is 11.3 Å². The predicted octanol–water partition coefficient (Wildman–Crippen LogP) is 2.91. The van der Waals surface area contributed by atoms with Gasteiger partial charge in [-0.25, -0.2) is 0 Å². The minimum atomic E-state index is 0.108. The van der Waals surface area contributed by atoms with Crippen molar-refractivity contribution in [3.63, 3.8) is 0 Å². The van der Waals surface area contributed by atoms with Crippen LogP contribution in [0.1, 0.15) is 58.6 Å². The van der Waals surface area contributed by atoms with Crippen LogP contribution in [0, 0.1) is 5.92 Å². The molecule has 0 saturated heterocycles. The topological polar surface area (TPSA) is 49.3 Å². The number of fused-ring (bicyclic) bond motifs is 1. The fourth-order valence-corrected chi connectivity index (χ4v) is 4.51. The largest absolute Gasteiger partial charge is 0.396 e. The van der Waals surface area contributed by atoms with Crippen LogP contribution in [0.25, 0.3) is 0 Å². The molecular formula is C16H23NO2S. The highest BCUT2D eigenvalue weighted by molar-refractivity contribution is 7.14. The van der Waals surface area contributed by atoms with Crippen molar-refractivity contribution in [3.05, 3.63) is 21.4 Å². The van der Waals surface area contributed by atoms with Gasteiger partial charge < -0.3 is 10.4 Å². The summed E-state index contributed by atoms with van der Waals surface area (Å²) in [7, 11) is 0. The molecule has 3 rings (SSSR count). The highest BCUT2D eigenvalue weighted by Crippen LogP contribution is 2.30. The van der Waals surface area contributed by atoms with Crippen molar-refractivity contribution < 1.29 is 9.90 Å². The van der Waals surface area contributed by atoms with Crippen molar-refractivity contribution in [2.75, 3.05) is 6.61 Å². The summed E-state index contributed by atoms with van der Waals surface area (Å²) >= 11 is 1.69. The number of aliphatic hydroxyl groups excluding tert-OH is 1. The van der Waals surface area contributed by atoms with Crippen molar-refractivity contribution >= 4 is 17.2 Å². The molecule has 4 heteroatoms. The molecule has 1 saturated carbocycles. The van der Waals surface area contributed by atoms with Crippen LogP contribution < -0.4 is 5.32 Å². The van der Waals surface area contributed by atoms with E-state index in [9.17, 15) is 4.79 Å². The van der Waals surface area contributed by atoms with Crippen LogP contribution in [0.3, 0.4) is 0 Å². The first-order chi connectivity index (χ1) is 9.76. The first-order valence-corrected chi connectivity index (χ1v) is 8.61. The molecule has 1 heterocycles. The Bertz CT molecular complexity index is 451. The third-order valence-electron chi connectivity index (χ3n) is 4.66. The summed E-state index contributed by atoms with van der Waals surface area (Å²) in [5.41, 5.74) is 1.40. The molecule has 0 spiro atoms. The number of nitrogens with one attached hydrogen (secondary N) is 1. The van der Waals surface area contributed by atoms with E-state index in [0.29, 0.717) is 12.0 Å². The van der Waals surface area contributed by atoms with Crippen molar-refractivity contribution in [2.24, 2.45) is 5.92 Å². The average Bonchev–Trinajstić information content (AvgIpc) is 2.92. The lowest BCUT2D eigenvalue weighted by molar-refractivity contribution is 0.0918. The Morgan fingerprint density at radius 1 is 1.25 bits per heavy atom. The lowest BCUT2D eigenvalue weighted by Crippen LogP contribution is -2.37. The minimum absolute atomic E-state index is 0.108. The minimum Gasteiger partial charge on any atom is -0.396 e. The van der Waals surface area contributed by atoms with E-state index in [0.717, 1.165) is 43.4 Å². The predicted molar refractivity (Wildman–Crippen MR) is 81.3 cm³/mol. The lowest BCUT2D eigenvalue weighted by Gasteiger charge is -2.27. The number of amides is 1. The van der Waals surface area contributed by atoms with Gasteiger partial charge in [0.05, 0.1) is 4.88 Å². The summed E-state index contributed by atoms with van der Waals surface area (Å²) in [6.07, 6.45) is 8.88. The van der Waals surface area contributed by atoms with Gasteiger partial charge in [0.2, 0.25) is 0 Å². The molecule has 1 amide bonds. The summed E-state index contributed by atoms with van der Waals surface area (Å²) < 4.78 is 0. The highest BCUT2D eigenvalue weighted by atomic mass is 32.1. The van der Waals surface area contributed by atoms with Crippen LogP contribution in [0.5, 0.6) is 0 Å². The maximum Gasteiger partial charge on any atom is 0.261 e. The second-order valence-electron chi connectivity index (χ2n) is 6.14. The molecule has 20 heavy (non-hydrogen) atoms. The van der Waals surface area contributed by atoms with Crippen LogP contribution >= 0.6 is 11.3 Å². The van der Waals surface area contributed by atoms with Crippen molar-refractivity contribution in [1.82, 2.24) is 5.32 Å². The molecule has 0 atom stereocenters. The van der Waals surface area contributed by atoms with Crippen molar-refractivity contribution in [2.45, 2.75) is 57.4 Å². The average molecular weight is 293 g/mol. The maximum atomic E-state index is 12.3. The van der Waals surface area contributed by atoms with E-state index in [1.165, 1.54) is 23.3 Å². The van der Waals surface area contributed by atoms with Gasteiger partial charge in [0.25, 0.3) is 5.91 Å². The molecule has 0 aliphatic heterocycles. The van der Waals surface area contributed by atoms with Crippen molar-refractivity contribution in [3.8, 4) is 0 Å². The summed E-state index contributed by atoms with van der Waals surface area (Å²) in [6.45, 7) is 0.290. The van der Waals surface area contributed by atoms with Crippen LogP contribution in [0.2, 0.25) is 0 Å². The van der Waals surface area contributed by atoms with Gasteiger partial charge >= 0.3 is 0 Å². The van der Waals surface area contributed by atoms with Crippen LogP contribution in [-0.4, -0.2) is 23.7 Å². The normalized spacial score (nSPS) is 26.1. The molecular weight excluding hydrogens is 270 g/mol. The maximum absolute atomic E-state index is 12.3. The van der Waals surface area contributed by atoms with Gasteiger partial charge in [-0.05, 0) is 68.9 Å². The molecule has 0 bridgehead atoms. The summed E-state index contributed by atoms with van der Waals surface area (Å²) in [4.78, 5) is 14.6. The number of carbonyl (C=O) groups is 1. The van der Waals surface area contributed by atoms with Gasteiger partial charge in [0, 0.05) is 17.5 Å². The fourth-order valence-electron chi connectivity index (χ4n) is 3.35. The smallest absolute Gasteiger partial charge is 0.261 e. The number of rotatable bonds is 3. The zero-order valence-corrected chi connectivity index (χ0v) is 12.7. The number of carbonyl (C=O) groups excluding carboxylic acids is 1. The zero-order chi connectivity index (χ0) is 13.9. The molecule has 0 radical (unpaired) electrons. The molecule has 2 N–H and O–H groups in total. The third-order valence-corrected chi connectivity index (χ3v) is 5.90. The number of hydrogen-bond acceptors (Lipinski definition) is 3. The zero-order valence-electron chi connectivity index (χ0n) is 11.9. The molecule has 110 valence electrons. The SMILES string of the molecule is O=C(NC1CCC(CO)CC1)c1cc2c(s1)CCCC2. The Morgan fingerprint density at radius 2 is 2.00 bits per heavy atom. The Labute approximate surface area is 124 Å². The van der Waals surface area contributed by atoms with Gasteiger partial charge in [-0.2, -0.15) is 0 Å². The number of aliphatic hydroxyl groups is 1. The van der Waals surface area contributed by atoms with Gasteiger partial charge in [-0.1, -0.05) is 0 Å². The molecule has 3 nitrogen and oxygen atoms in total. The lowest BCUT2D eigenvalue weighted by atomic mass is 9.86. The molecule has 1 aromatic rings. The van der Waals surface area contributed by atoms with Crippen LogP contribution in [-0.2, 0) is 12.8 Å². The van der Waals surface area contributed by atoms with Crippen molar-refractivity contribution in [1.29, 1.82) is 0 Å². The summed E-state index contributed by atoms with van der Waals surface area (Å²) in [6, 6.07) is 2.40. The van der Waals surface area contributed by atoms with E-state index in [-0.39, 0.29) is 12.5 Å². The summed E-state index contributed by atoms with van der Waals surface area (Å²) in [5, 5.41) is 12.3. The first-order valence-electron chi connectivity index (χ1n) is 7.79. The summed E-state index contributed by atoms with van der Waals surface area (Å²) in [5.74, 6) is 0.550. The standard InChI is InChI=1S/C16H23NO2S/c18-10-11-5-7-13(8-6-11)17-16(19)15-9-12-3-1-2-4-14(12)20-15/h9,11,13,18H,1-8,10H2,(H,17,19). The molecule has 1 fully saturated rings.